The van der Waals surface area contributed by atoms with Gasteiger partial charge in [-0.3, -0.25) is 4.72 Å². The fourth-order valence-electron chi connectivity index (χ4n) is 2.83. The number of hydrogen-bond donors (Lipinski definition) is 1. The van der Waals surface area contributed by atoms with Crippen LogP contribution in [0.1, 0.15) is 18.4 Å². The highest BCUT2D eigenvalue weighted by atomic mass is 32.2. The van der Waals surface area contributed by atoms with Gasteiger partial charge in [0.1, 0.15) is 11.6 Å². The number of rotatable bonds is 4. The number of aromatic nitrogens is 1. The van der Waals surface area contributed by atoms with Crippen LogP contribution in [0.15, 0.2) is 42.6 Å². The zero-order valence-electron chi connectivity index (χ0n) is 13.4. The van der Waals surface area contributed by atoms with Gasteiger partial charge in [-0.15, -0.1) is 0 Å². The number of aryl methyl sites for hydroxylation is 1. The van der Waals surface area contributed by atoms with Gasteiger partial charge in [0.25, 0.3) is 0 Å². The molecule has 24 heavy (non-hydrogen) atoms. The minimum Gasteiger partial charge on any atom is -0.371 e. The van der Waals surface area contributed by atoms with Crippen LogP contribution >= 0.6 is 0 Å². The molecule has 1 fully saturated rings. The third-order valence-electron chi connectivity index (χ3n) is 4.23. The number of piperidine rings is 1. The molecule has 1 aliphatic rings. The first-order chi connectivity index (χ1) is 11.4. The normalized spacial score (nSPS) is 16.2. The van der Waals surface area contributed by atoms with Crippen LogP contribution in [0.4, 0.5) is 15.9 Å². The monoisotopic (exact) mass is 349 g/mol. The van der Waals surface area contributed by atoms with Crippen LogP contribution in [0.2, 0.25) is 0 Å². The molecule has 0 amide bonds. The average Bonchev–Trinajstić information content (AvgIpc) is 2.58. The molecule has 0 aliphatic carbocycles. The first kappa shape index (κ1) is 16.7. The zero-order valence-corrected chi connectivity index (χ0v) is 14.3. The smallest absolute Gasteiger partial charge is 0.236 e. The first-order valence-electron chi connectivity index (χ1n) is 7.89. The average molecular weight is 349 g/mol. The van der Waals surface area contributed by atoms with Crippen molar-refractivity contribution in [2.75, 3.05) is 22.7 Å². The highest BCUT2D eigenvalue weighted by molar-refractivity contribution is 7.93. The molecule has 0 atom stereocenters. The molecule has 1 N–H and O–H groups in total. The van der Waals surface area contributed by atoms with Crippen molar-refractivity contribution in [2.45, 2.75) is 25.0 Å². The summed E-state index contributed by atoms with van der Waals surface area (Å²) in [6.07, 6.45) is 2.69. The standard InChI is InChI=1S/C17H20FN3O2S/c1-13-2-7-17(19-12-13)20-24(22,23)16-8-10-21(11-9-16)15-5-3-14(18)4-6-15/h2-7,12,16H,8-11H2,1H3,(H,19,20). The number of halogens is 1. The van der Waals surface area contributed by atoms with E-state index in [1.807, 2.05) is 13.0 Å². The van der Waals surface area contributed by atoms with Gasteiger partial charge in [0.05, 0.1) is 5.25 Å². The van der Waals surface area contributed by atoms with Crippen LogP contribution in [0, 0.1) is 12.7 Å². The van der Waals surface area contributed by atoms with Crippen molar-refractivity contribution in [3.05, 3.63) is 54.0 Å². The van der Waals surface area contributed by atoms with Crippen molar-refractivity contribution < 1.29 is 12.8 Å². The molecule has 128 valence electrons. The highest BCUT2D eigenvalue weighted by Crippen LogP contribution is 2.24. The molecule has 0 saturated carbocycles. The van der Waals surface area contributed by atoms with Gasteiger partial charge >= 0.3 is 0 Å². The summed E-state index contributed by atoms with van der Waals surface area (Å²) >= 11 is 0. The van der Waals surface area contributed by atoms with Crippen LogP contribution in [-0.2, 0) is 10.0 Å². The molecule has 1 aromatic heterocycles. The Hall–Kier alpha value is -2.15. The molecule has 0 unspecified atom stereocenters. The molecular weight excluding hydrogens is 329 g/mol. The summed E-state index contributed by atoms with van der Waals surface area (Å²) in [6.45, 7) is 3.15. The topological polar surface area (TPSA) is 62.3 Å². The van der Waals surface area contributed by atoms with Gasteiger partial charge in [0.15, 0.2) is 0 Å². The number of pyridine rings is 1. The maximum atomic E-state index is 13.0. The maximum absolute atomic E-state index is 13.0. The molecule has 0 radical (unpaired) electrons. The third-order valence-corrected chi connectivity index (χ3v) is 6.07. The van der Waals surface area contributed by atoms with Gasteiger partial charge in [-0.1, -0.05) is 6.07 Å². The van der Waals surface area contributed by atoms with Crippen molar-refractivity contribution >= 4 is 21.5 Å². The van der Waals surface area contributed by atoms with Crippen molar-refractivity contribution in [1.82, 2.24) is 4.98 Å². The summed E-state index contributed by atoms with van der Waals surface area (Å²) in [5, 5.41) is -0.447. The molecule has 2 heterocycles. The van der Waals surface area contributed by atoms with Crippen LogP contribution < -0.4 is 9.62 Å². The van der Waals surface area contributed by atoms with Crippen molar-refractivity contribution in [3.8, 4) is 0 Å². The molecule has 1 saturated heterocycles. The second kappa shape index (κ2) is 6.76. The van der Waals surface area contributed by atoms with E-state index >= 15 is 0 Å². The van der Waals surface area contributed by atoms with E-state index in [9.17, 15) is 12.8 Å². The molecule has 0 spiro atoms. The van der Waals surface area contributed by atoms with E-state index in [0.29, 0.717) is 31.7 Å². The lowest BCUT2D eigenvalue weighted by Gasteiger charge is -2.33. The number of sulfonamides is 1. The Morgan fingerprint density at radius 2 is 1.79 bits per heavy atom. The lowest BCUT2D eigenvalue weighted by Crippen LogP contribution is -2.41. The lowest BCUT2D eigenvalue weighted by atomic mass is 10.1. The van der Waals surface area contributed by atoms with Crippen LogP contribution in [0.3, 0.4) is 0 Å². The van der Waals surface area contributed by atoms with Crippen LogP contribution in [0.25, 0.3) is 0 Å². The third kappa shape index (κ3) is 3.84. The number of anilines is 2. The van der Waals surface area contributed by atoms with Crippen molar-refractivity contribution in [1.29, 1.82) is 0 Å². The second-order valence-electron chi connectivity index (χ2n) is 6.03. The van der Waals surface area contributed by atoms with Gasteiger partial charge < -0.3 is 4.90 Å². The van der Waals surface area contributed by atoms with E-state index in [-0.39, 0.29) is 5.82 Å². The lowest BCUT2D eigenvalue weighted by molar-refractivity contribution is 0.533. The summed E-state index contributed by atoms with van der Waals surface area (Å²) in [5.41, 5.74) is 1.89. The van der Waals surface area contributed by atoms with E-state index in [4.69, 9.17) is 0 Å². The zero-order chi connectivity index (χ0) is 17.2. The summed E-state index contributed by atoms with van der Waals surface area (Å²) in [7, 11) is -3.46. The van der Waals surface area contributed by atoms with Crippen molar-refractivity contribution in [3.63, 3.8) is 0 Å². The van der Waals surface area contributed by atoms with E-state index in [2.05, 4.69) is 14.6 Å². The highest BCUT2D eigenvalue weighted by Gasteiger charge is 2.30. The number of nitrogens with one attached hydrogen (secondary N) is 1. The summed E-state index contributed by atoms with van der Waals surface area (Å²) in [5.74, 6) is 0.0765. The molecule has 7 heteroatoms. The van der Waals surface area contributed by atoms with Gasteiger partial charge in [-0.25, -0.2) is 17.8 Å². The SMILES string of the molecule is Cc1ccc(NS(=O)(=O)C2CCN(c3ccc(F)cc3)CC2)nc1. The van der Waals surface area contributed by atoms with E-state index in [0.717, 1.165) is 11.3 Å². The van der Waals surface area contributed by atoms with E-state index < -0.39 is 15.3 Å². The molecule has 3 rings (SSSR count). The van der Waals surface area contributed by atoms with E-state index in [1.165, 1.54) is 12.1 Å². The van der Waals surface area contributed by atoms with Gasteiger partial charge in [0, 0.05) is 25.0 Å². The van der Waals surface area contributed by atoms with E-state index in [1.54, 1.807) is 24.4 Å². The number of hydrogen-bond acceptors (Lipinski definition) is 4. The molecule has 2 aromatic rings. The molecule has 0 bridgehead atoms. The fraction of sp³-hybridized carbons (Fsp3) is 0.353. The minimum absolute atomic E-state index is 0.272. The Morgan fingerprint density at radius 3 is 2.38 bits per heavy atom. The van der Waals surface area contributed by atoms with Crippen LogP contribution in [0.5, 0.6) is 0 Å². The van der Waals surface area contributed by atoms with Gasteiger partial charge in [0.2, 0.25) is 10.0 Å². The fourth-order valence-corrected chi connectivity index (χ4v) is 4.24. The van der Waals surface area contributed by atoms with Crippen LogP contribution in [-0.4, -0.2) is 31.7 Å². The van der Waals surface area contributed by atoms with Gasteiger partial charge in [-0.05, 0) is 55.7 Å². The summed E-state index contributed by atoms with van der Waals surface area (Å²) in [6, 6.07) is 9.77. The second-order valence-corrected chi connectivity index (χ2v) is 7.99. The molecule has 1 aliphatic heterocycles. The Kier molecular flexibility index (Phi) is 4.71. The quantitative estimate of drug-likeness (QED) is 0.922. The molecule has 5 nitrogen and oxygen atoms in total. The Bertz CT molecular complexity index is 784. The first-order valence-corrected chi connectivity index (χ1v) is 9.43. The predicted molar refractivity (Wildman–Crippen MR) is 93.2 cm³/mol. The molecule has 1 aromatic carbocycles. The number of nitrogens with zero attached hydrogens (tertiary/aromatic N) is 2. The van der Waals surface area contributed by atoms with Gasteiger partial charge in [-0.2, -0.15) is 0 Å². The largest absolute Gasteiger partial charge is 0.371 e. The minimum atomic E-state index is -3.46. The maximum Gasteiger partial charge on any atom is 0.236 e. The Morgan fingerprint density at radius 1 is 1.12 bits per heavy atom. The Balaban J connectivity index is 1.62. The Labute approximate surface area is 141 Å². The van der Waals surface area contributed by atoms with Crippen molar-refractivity contribution in [2.24, 2.45) is 0 Å². The summed E-state index contributed by atoms with van der Waals surface area (Å²) < 4.78 is 40.6. The number of benzene rings is 1. The molecular formula is C17H20FN3O2S. The summed E-state index contributed by atoms with van der Waals surface area (Å²) in [4.78, 5) is 6.17. The predicted octanol–water partition coefficient (Wildman–Crippen LogP) is 2.94.